The predicted octanol–water partition coefficient (Wildman–Crippen LogP) is 4.71. The highest BCUT2D eigenvalue weighted by atomic mass is 32.1. The Kier molecular flexibility index (Phi) is 7.30. The van der Waals surface area contributed by atoms with Gasteiger partial charge in [-0.3, -0.25) is 4.79 Å². The van der Waals surface area contributed by atoms with Gasteiger partial charge in [-0.25, -0.2) is 4.98 Å². The Morgan fingerprint density at radius 3 is 2.57 bits per heavy atom. The second-order valence-electron chi connectivity index (χ2n) is 6.68. The zero-order valence-electron chi connectivity index (χ0n) is 17.7. The number of ether oxygens (including phenoxy) is 3. The van der Waals surface area contributed by atoms with Crippen molar-refractivity contribution < 1.29 is 19.0 Å². The second-order valence-corrected chi connectivity index (χ2v) is 7.75. The van der Waals surface area contributed by atoms with E-state index in [0.29, 0.717) is 42.5 Å². The van der Waals surface area contributed by atoms with Crippen LogP contribution in [0, 0.1) is 6.92 Å². The summed E-state index contributed by atoms with van der Waals surface area (Å²) in [6, 6.07) is 12.9. The number of rotatable bonds is 9. The van der Waals surface area contributed by atoms with Crippen LogP contribution in [0.1, 0.15) is 33.5 Å². The van der Waals surface area contributed by atoms with E-state index in [0.717, 1.165) is 16.3 Å². The molecule has 0 atom stereocenters. The van der Waals surface area contributed by atoms with Gasteiger partial charge in [0, 0.05) is 24.0 Å². The molecule has 0 saturated heterocycles. The van der Waals surface area contributed by atoms with Crippen LogP contribution in [0.15, 0.2) is 47.8 Å². The molecule has 0 aliphatic rings. The number of carbonyl (C=O) groups is 1. The number of carbonyl (C=O) groups excluding carboxylic acids is 1. The van der Waals surface area contributed by atoms with Gasteiger partial charge in [-0.1, -0.05) is 12.1 Å². The summed E-state index contributed by atoms with van der Waals surface area (Å²) in [6.45, 7) is 5.36. The highest BCUT2D eigenvalue weighted by Crippen LogP contribution is 2.28. The van der Waals surface area contributed by atoms with Gasteiger partial charge in [-0.2, -0.15) is 0 Å². The molecule has 3 rings (SSSR count). The quantitative estimate of drug-likeness (QED) is 0.496. The minimum absolute atomic E-state index is 0.0535. The summed E-state index contributed by atoms with van der Waals surface area (Å²) in [4.78, 5) is 19.3. The van der Waals surface area contributed by atoms with Crippen molar-refractivity contribution >= 4 is 17.2 Å². The summed E-state index contributed by atoms with van der Waals surface area (Å²) in [5.74, 6) is 1.90. The van der Waals surface area contributed by atoms with Gasteiger partial charge in [0.1, 0.15) is 12.4 Å². The molecule has 2 aromatic carbocycles. The maximum Gasteiger partial charge on any atom is 0.254 e. The summed E-state index contributed by atoms with van der Waals surface area (Å²) in [5, 5.41) is 2.98. The number of aryl methyl sites for hydroxylation is 1. The van der Waals surface area contributed by atoms with Crippen LogP contribution in [0.25, 0.3) is 0 Å². The minimum Gasteiger partial charge on any atom is -0.493 e. The highest BCUT2D eigenvalue weighted by Gasteiger charge is 2.16. The Bertz CT molecular complexity index is 1000. The summed E-state index contributed by atoms with van der Waals surface area (Å²) in [5.41, 5.74) is 2.44. The number of hydrogen-bond acceptors (Lipinski definition) is 6. The molecule has 0 fully saturated rings. The lowest BCUT2D eigenvalue weighted by Crippen LogP contribution is -2.30. The minimum atomic E-state index is -0.0535. The lowest BCUT2D eigenvalue weighted by atomic mass is 10.1. The molecule has 0 bridgehead atoms. The van der Waals surface area contributed by atoms with Gasteiger partial charge < -0.3 is 19.1 Å². The van der Waals surface area contributed by atoms with E-state index in [1.807, 2.05) is 49.6 Å². The summed E-state index contributed by atoms with van der Waals surface area (Å²) in [7, 11) is 3.20. The summed E-state index contributed by atoms with van der Waals surface area (Å²) in [6.07, 6.45) is 0. The SMILES string of the molecule is CCN(Cc1ccc(OC)c(OC)c1)C(=O)c1cccc(OCc2csc(C)n2)c1. The molecule has 158 valence electrons. The van der Waals surface area contributed by atoms with E-state index in [1.165, 1.54) is 0 Å². The van der Waals surface area contributed by atoms with E-state index in [9.17, 15) is 4.79 Å². The average molecular weight is 427 g/mol. The van der Waals surface area contributed by atoms with Gasteiger partial charge in [0.2, 0.25) is 0 Å². The van der Waals surface area contributed by atoms with E-state index in [2.05, 4.69) is 4.98 Å². The fourth-order valence-corrected chi connectivity index (χ4v) is 3.66. The van der Waals surface area contributed by atoms with Crippen LogP contribution < -0.4 is 14.2 Å². The van der Waals surface area contributed by atoms with Gasteiger partial charge in [-0.15, -0.1) is 11.3 Å². The Morgan fingerprint density at radius 1 is 1.10 bits per heavy atom. The maximum absolute atomic E-state index is 13.1. The molecule has 30 heavy (non-hydrogen) atoms. The third-order valence-corrected chi connectivity index (χ3v) is 5.45. The van der Waals surface area contributed by atoms with E-state index in [4.69, 9.17) is 14.2 Å². The third-order valence-electron chi connectivity index (χ3n) is 4.62. The highest BCUT2D eigenvalue weighted by molar-refractivity contribution is 7.09. The lowest BCUT2D eigenvalue weighted by Gasteiger charge is -2.22. The van der Waals surface area contributed by atoms with E-state index in [1.54, 1.807) is 42.6 Å². The maximum atomic E-state index is 13.1. The van der Waals surface area contributed by atoms with Crippen LogP contribution >= 0.6 is 11.3 Å². The molecule has 1 heterocycles. The van der Waals surface area contributed by atoms with Gasteiger partial charge >= 0.3 is 0 Å². The fraction of sp³-hybridized carbons (Fsp3) is 0.304. The van der Waals surface area contributed by atoms with Crippen LogP contribution in [-0.2, 0) is 13.2 Å². The lowest BCUT2D eigenvalue weighted by molar-refractivity contribution is 0.0752. The third kappa shape index (κ3) is 5.30. The van der Waals surface area contributed by atoms with Crippen molar-refractivity contribution in [2.24, 2.45) is 0 Å². The van der Waals surface area contributed by atoms with Crippen LogP contribution in [-0.4, -0.2) is 36.6 Å². The molecule has 0 aliphatic carbocycles. The molecule has 1 amide bonds. The van der Waals surface area contributed by atoms with Crippen molar-refractivity contribution in [1.82, 2.24) is 9.88 Å². The topological polar surface area (TPSA) is 60.9 Å². The zero-order valence-corrected chi connectivity index (χ0v) is 18.5. The first-order valence-electron chi connectivity index (χ1n) is 9.68. The Labute approximate surface area is 181 Å². The number of aromatic nitrogens is 1. The van der Waals surface area contributed by atoms with Gasteiger partial charge in [-0.05, 0) is 49.7 Å². The Morgan fingerprint density at radius 2 is 1.90 bits per heavy atom. The van der Waals surface area contributed by atoms with Gasteiger partial charge in [0.05, 0.1) is 24.9 Å². The van der Waals surface area contributed by atoms with Gasteiger partial charge in [0.15, 0.2) is 11.5 Å². The van der Waals surface area contributed by atoms with Crippen molar-refractivity contribution in [3.8, 4) is 17.2 Å². The van der Waals surface area contributed by atoms with Crippen molar-refractivity contribution in [3.05, 3.63) is 69.7 Å². The number of methoxy groups -OCH3 is 2. The monoisotopic (exact) mass is 426 g/mol. The predicted molar refractivity (Wildman–Crippen MR) is 118 cm³/mol. The van der Waals surface area contributed by atoms with E-state index in [-0.39, 0.29) is 5.91 Å². The molecule has 0 unspecified atom stereocenters. The molecule has 0 aliphatic heterocycles. The molecule has 0 spiro atoms. The Hall–Kier alpha value is -3.06. The largest absolute Gasteiger partial charge is 0.493 e. The fourth-order valence-electron chi connectivity index (χ4n) is 3.06. The first kappa shape index (κ1) is 21.6. The van der Waals surface area contributed by atoms with E-state index >= 15 is 0 Å². The molecule has 0 saturated carbocycles. The standard InChI is InChI=1S/C23H26N2O4S/c1-5-25(13-17-9-10-21(27-3)22(11-17)28-4)23(26)18-7-6-8-20(12-18)29-14-19-15-30-16(2)24-19/h6-12,15H,5,13-14H2,1-4H3. The molecule has 7 heteroatoms. The van der Waals surface area contributed by atoms with Crippen molar-refractivity contribution in [3.63, 3.8) is 0 Å². The number of amides is 1. The first-order valence-corrected chi connectivity index (χ1v) is 10.6. The average Bonchev–Trinajstić information content (AvgIpc) is 3.20. The van der Waals surface area contributed by atoms with Crippen molar-refractivity contribution in [2.45, 2.75) is 27.0 Å². The summed E-state index contributed by atoms with van der Waals surface area (Å²) >= 11 is 1.59. The number of thiazole rings is 1. The Balaban J connectivity index is 1.70. The second kappa shape index (κ2) is 10.1. The smallest absolute Gasteiger partial charge is 0.254 e. The van der Waals surface area contributed by atoms with Crippen molar-refractivity contribution in [2.75, 3.05) is 20.8 Å². The van der Waals surface area contributed by atoms with Crippen LogP contribution in [0.4, 0.5) is 0 Å². The molecular formula is C23H26N2O4S. The normalized spacial score (nSPS) is 10.5. The molecular weight excluding hydrogens is 400 g/mol. The first-order chi connectivity index (χ1) is 14.5. The molecule has 6 nitrogen and oxygen atoms in total. The number of hydrogen-bond donors (Lipinski definition) is 0. The summed E-state index contributed by atoms with van der Waals surface area (Å²) < 4.78 is 16.5. The molecule has 0 radical (unpaired) electrons. The zero-order chi connectivity index (χ0) is 21.5. The molecule has 0 N–H and O–H groups in total. The van der Waals surface area contributed by atoms with E-state index < -0.39 is 0 Å². The van der Waals surface area contributed by atoms with Crippen molar-refractivity contribution in [1.29, 1.82) is 0 Å². The van der Waals surface area contributed by atoms with Gasteiger partial charge in [0.25, 0.3) is 5.91 Å². The molecule has 1 aromatic heterocycles. The van der Waals surface area contributed by atoms with Crippen LogP contribution in [0.2, 0.25) is 0 Å². The van der Waals surface area contributed by atoms with Crippen LogP contribution in [0.5, 0.6) is 17.2 Å². The molecule has 3 aromatic rings. The van der Waals surface area contributed by atoms with Crippen LogP contribution in [0.3, 0.4) is 0 Å². The number of benzene rings is 2. The number of nitrogens with zero attached hydrogens (tertiary/aromatic N) is 2.